The highest BCUT2D eigenvalue weighted by molar-refractivity contribution is 5.98. The summed E-state index contributed by atoms with van der Waals surface area (Å²) in [6, 6.07) is -13.0. The molecule has 0 fully saturated rings. The van der Waals surface area contributed by atoms with Gasteiger partial charge in [0.2, 0.25) is 59.1 Å². The number of carbonyl (C=O) groups excluding carboxylic acids is 10. The van der Waals surface area contributed by atoms with Gasteiger partial charge in [0, 0.05) is 19.4 Å². The van der Waals surface area contributed by atoms with Crippen LogP contribution in [0.15, 0.2) is 0 Å². The van der Waals surface area contributed by atoms with Crippen molar-refractivity contribution in [3.8, 4) is 0 Å². The van der Waals surface area contributed by atoms with Gasteiger partial charge in [-0.25, -0.2) is 4.79 Å². The maximum Gasteiger partial charge on any atom is 0.326 e. The molecule has 0 aromatic rings. The van der Waals surface area contributed by atoms with Crippen molar-refractivity contribution >= 4 is 88.9 Å². The van der Waals surface area contributed by atoms with E-state index in [1.54, 1.807) is 13.8 Å². The van der Waals surface area contributed by atoms with Crippen LogP contribution in [0.5, 0.6) is 0 Å². The molecule has 0 aliphatic carbocycles. The summed E-state index contributed by atoms with van der Waals surface area (Å²) in [7, 11) is 0. The Morgan fingerprint density at radius 3 is 1.42 bits per heavy atom. The van der Waals surface area contributed by atoms with Crippen molar-refractivity contribution in [3.05, 3.63) is 0 Å². The van der Waals surface area contributed by atoms with Crippen molar-refractivity contribution in [1.82, 2.24) is 53.2 Å². The molecule has 0 saturated heterocycles. The van der Waals surface area contributed by atoms with Crippen LogP contribution >= 0.6 is 0 Å². The van der Waals surface area contributed by atoms with Gasteiger partial charge in [-0.15, -0.1) is 0 Å². The average molecular weight is 1100 g/mol. The number of nitrogens with two attached hydrogens (primary N) is 4. The number of primary amides is 1. The third kappa shape index (κ3) is 30.6. The maximum atomic E-state index is 13.8. The SMILES string of the molecule is CC(C)C[C@H](NC(=O)[C@H](CCCCN)NC(=O)CNC(=O)[C@H](CC(=O)O)NC(=O)[C@H](CO)NC(=O)CNC(=O)[C@H](CCCNC(=N)N)NC(=O)[C@@H](N)CC(=O)O)C(=O)N[C@@H](CCC(N)=O)C(=O)N[C@@H](CCC(=O)O)C(=O)O. The number of aliphatic carboxylic acids is 4. The fourth-order valence-electron chi connectivity index (χ4n) is 6.64. The average Bonchev–Trinajstić information content (AvgIpc) is 3.33. The van der Waals surface area contributed by atoms with Crippen molar-refractivity contribution in [2.24, 2.45) is 28.9 Å². The number of guanidine groups is 1. The summed E-state index contributed by atoms with van der Waals surface area (Å²) in [6.45, 7) is 0.605. The Kier molecular flexibility index (Phi) is 32.7. The summed E-state index contributed by atoms with van der Waals surface area (Å²) in [5.41, 5.74) is 21.7. The topological polar surface area (TPSA) is 588 Å². The molecule has 0 radical (unpaired) electrons. The highest BCUT2D eigenvalue weighted by atomic mass is 16.4. The van der Waals surface area contributed by atoms with Gasteiger partial charge in [0.15, 0.2) is 5.96 Å². The van der Waals surface area contributed by atoms with Gasteiger partial charge in [0.1, 0.15) is 42.3 Å². The lowest BCUT2D eigenvalue weighted by Gasteiger charge is -2.27. The second kappa shape index (κ2) is 36.6. The number of unbranched alkanes of at least 4 members (excludes halogenated alkanes) is 1. The lowest BCUT2D eigenvalue weighted by molar-refractivity contribution is -0.144. The first-order chi connectivity index (χ1) is 36.0. The summed E-state index contributed by atoms with van der Waals surface area (Å²) in [4.78, 5) is 176. The largest absolute Gasteiger partial charge is 0.481 e. The Bertz CT molecular complexity index is 2110. The molecule has 0 spiro atoms. The number of nitrogens with one attached hydrogen (secondary N) is 11. The van der Waals surface area contributed by atoms with Crippen LogP contribution in [0.4, 0.5) is 0 Å². The molecule has 77 heavy (non-hydrogen) atoms. The second-order valence-electron chi connectivity index (χ2n) is 17.6. The number of aliphatic hydroxyl groups excluding tert-OH is 1. The predicted molar refractivity (Wildman–Crippen MR) is 264 cm³/mol. The van der Waals surface area contributed by atoms with E-state index in [2.05, 4.69) is 47.9 Å². The van der Waals surface area contributed by atoms with Crippen LogP contribution in [0.3, 0.4) is 0 Å². The van der Waals surface area contributed by atoms with Crippen LogP contribution in [-0.2, 0) is 67.1 Å². The maximum absolute atomic E-state index is 13.8. The molecule has 0 rings (SSSR count). The molecule has 8 atom stereocenters. The molecule has 0 aliphatic heterocycles. The lowest BCUT2D eigenvalue weighted by Crippen LogP contribution is -2.59. The van der Waals surface area contributed by atoms with Gasteiger partial charge in [-0.1, -0.05) is 13.8 Å². The van der Waals surface area contributed by atoms with Crippen molar-refractivity contribution in [2.45, 2.75) is 139 Å². The molecule has 0 bridgehead atoms. The smallest absolute Gasteiger partial charge is 0.326 e. The van der Waals surface area contributed by atoms with Crippen LogP contribution in [0.2, 0.25) is 0 Å². The number of carboxylic acids is 4. The highest BCUT2D eigenvalue weighted by Gasteiger charge is 2.34. The number of carboxylic acid groups (broad SMARTS) is 4. The van der Waals surface area contributed by atoms with Crippen LogP contribution in [-0.4, -0.2) is 196 Å². The van der Waals surface area contributed by atoms with Crippen LogP contribution in [0.1, 0.15) is 90.9 Å². The van der Waals surface area contributed by atoms with E-state index in [1.165, 1.54) is 0 Å². The van der Waals surface area contributed by atoms with E-state index in [9.17, 15) is 82.4 Å². The van der Waals surface area contributed by atoms with Crippen LogP contribution in [0, 0.1) is 11.3 Å². The Balaban J connectivity index is 6.06. The minimum atomic E-state index is -1.96. The first-order valence-corrected chi connectivity index (χ1v) is 24.0. The number of aliphatic hydroxyl groups is 1. The molecule has 24 N–H and O–H groups in total. The molecule has 0 heterocycles. The Hall–Kier alpha value is -8.27. The van der Waals surface area contributed by atoms with Crippen molar-refractivity contribution in [1.29, 1.82) is 5.41 Å². The minimum absolute atomic E-state index is 0.0657. The van der Waals surface area contributed by atoms with Gasteiger partial charge in [0.05, 0.1) is 38.6 Å². The normalized spacial score (nSPS) is 13.9. The molecule has 0 unspecified atom stereocenters. The summed E-state index contributed by atoms with van der Waals surface area (Å²) in [5.74, 6) is -17.4. The van der Waals surface area contributed by atoms with Gasteiger partial charge >= 0.3 is 23.9 Å². The van der Waals surface area contributed by atoms with E-state index in [0.29, 0.717) is 6.42 Å². The van der Waals surface area contributed by atoms with E-state index in [0.717, 1.165) is 0 Å². The van der Waals surface area contributed by atoms with Crippen LogP contribution < -0.4 is 76.1 Å². The molecule has 434 valence electrons. The van der Waals surface area contributed by atoms with Crippen molar-refractivity contribution in [2.75, 3.05) is 32.8 Å². The van der Waals surface area contributed by atoms with Gasteiger partial charge in [-0.2, -0.15) is 0 Å². The molecule has 0 aliphatic rings. The molecule has 0 aromatic carbocycles. The Labute approximate surface area is 440 Å². The van der Waals surface area contributed by atoms with Crippen LogP contribution in [0.25, 0.3) is 0 Å². The zero-order chi connectivity index (χ0) is 58.9. The third-order valence-electron chi connectivity index (χ3n) is 10.6. The Morgan fingerprint density at radius 2 is 0.922 bits per heavy atom. The summed E-state index contributed by atoms with van der Waals surface area (Å²) in [6.07, 6.45) is -3.57. The lowest BCUT2D eigenvalue weighted by atomic mass is 10.0. The first kappa shape index (κ1) is 68.7. The van der Waals surface area contributed by atoms with E-state index in [-0.39, 0.29) is 51.1 Å². The molecule has 34 nitrogen and oxygen atoms in total. The second-order valence-corrected chi connectivity index (χ2v) is 17.6. The minimum Gasteiger partial charge on any atom is -0.481 e. The molecule has 0 aromatic heterocycles. The number of rotatable bonds is 40. The van der Waals surface area contributed by atoms with Crippen molar-refractivity contribution in [3.63, 3.8) is 0 Å². The monoisotopic (exact) mass is 1100 g/mol. The first-order valence-electron chi connectivity index (χ1n) is 24.0. The fraction of sp³-hybridized carbons (Fsp3) is 0.651. The molecule has 34 heteroatoms. The van der Waals surface area contributed by atoms with Gasteiger partial charge in [-0.05, 0) is 63.8 Å². The van der Waals surface area contributed by atoms with E-state index < -0.39 is 195 Å². The highest BCUT2D eigenvalue weighted by Crippen LogP contribution is 2.10. The Morgan fingerprint density at radius 1 is 0.481 bits per heavy atom. The van der Waals surface area contributed by atoms with Gasteiger partial charge in [-0.3, -0.25) is 67.7 Å². The number of amides is 10. The molecule has 10 amide bonds. The predicted octanol–water partition coefficient (Wildman–Crippen LogP) is -8.47. The summed E-state index contributed by atoms with van der Waals surface area (Å²) in [5, 5.41) is 76.6. The van der Waals surface area contributed by atoms with E-state index >= 15 is 0 Å². The third-order valence-corrected chi connectivity index (χ3v) is 10.6. The number of hydrogen-bond acceptors (Lipinski definition) is 18. The fourth-order valence-corrected chi connectivity index (χ4v) is 6.64. The van der Waals surface area contributed by atoms with Gasteiger partial charge in [0.25, 0.3) is 0 Å². The standard InChI is InChI=1S/C43H73N15O19/c1-20(2)14-26(40(74)55-24(8-10-29(46)60)39(73)56-25(42(76)77)9-11-32(63)64)57-38(72)23(6-3-4-12-44)52-30(61)17-51-37(71)27(16-34(67)68)58-41(75)28(19-59)53-31(62)18-50-36(70)22(7-5-13-49-43(47)48)54-35(69)21(45)15-33(65)66/h20-28,59H,3-19,44-45H2,1-2H3,(H2,46,60)(H,50,70)(H,51,71)(H,52,61)(H,53,62)(H,54,69)(H,55,74)(H,56,73)(H,57,72)(H,58,75)(H,63,64)(H,65,66)(H,67,68)(H,76,77)(H4,47,48,49)/t21-,22-,23-,24-,25-,26-,27-,28-/m0/s1. The molecular weight excluding hydrogens is 1030 g/mol. The van der Waals surface area contributed by atoms with E-state index in [4.69, 9.17) is 38.6 Å². The quantitative estimate of drug-likeness (QED) is 0.0154. The molecule has 0 saturated carbocycles. The molecular formula is C43H73N15O19. The van der Waals surface area contributed by atoms with Gasteiger partial charge < -0.3 is 102 Å². The summed E-state index contributed by atoms with van der Waals surface area (Å²) < 4.78 is 0. The number of hydrogen-bond donors (Lipinski definition) is 20. The summed E-state index contributed by atoms with van der Waals surface area (Å²) >= 11 is 0. The van der Waals surface area contributed by atoms with E-state index in [1.807, 2.05) is 5.32 Å². The zero-order valence-corrected chi connectivity index (χ0v) is 42.5. The number of carbonyl (C=O) groups is 14. The van der Waals surface area contributed by atoms with Crippen molar-refractivity contribution < 1.29 is 92.7 Å². The zero-order valence-electron chi connectivity index (χ0n) is 42.5.